The van der Waals surface area contributed by atoms with Crippen LogP contribution in [0, 0.1) is 0 Å². The molecule has 0 aliphatic carbocycles. The standard InChI is InChI=1S/C20H20N4O4/c1-26-14-6-4-13(5-7-14)12-21-24-20(25)18-11-17(22-23-18)16-10-15(27-2)8-9-19(16)28-3/h4-12H,1-3H3,(H,22,23)(H,24,25)/b21-12+. The molecule has 8 heteroatoms. The molecule has 3 rings (SSSR count). The summed E-state index contributed by atoms with van der Waals surface area (Å²) in [6.07, 6.45) is 1.54. The Morgan fingerprint density at radius 3 is 2.39 bits per heavy atom. The number of amides is 1. The smallest absolute Gasteiger partial charge is 0.289 e. The van der Waals surface area contributed by atoms with Crippen molar-refractivity contribution in [1.82, 2.24) is 15.6 Å². The predicted octanol–water partition coefficient (Wildman–Crippen LogP) is 2.87. The van der Waals surface area contributed by atoms with Crippen LogP contribution in [0.15, 0.2) is 53.6 Å². The molecule has 1 heterocycles. The van der Waals surface area contributed by atoms with Gasteiger partial charge in [-0.3, -0.25) is 9.89 Å². The summed E-state index contributed by atoms with van der Waals surface area (Å²) in [6, 6.07) is 14.3. The van der Waals surface area contributed by atoms with Crippen molar-refractivity contribution >= 4 is 12.1 Å². The molecule has 0 saturated carbocycles. The third-order valence-corrected chi connectivity index (χ3v) is 4.00. The molecule has 2 N–H and O–H groups in total. The Morgan fingerprint density at radius 1 is 1.00 bits per heavy atom. The fourth-order valence-corrected chi connectivity index (χ4v) is 2.51. The van der Waals surface area contributed by atoms with Gasteiger partial charge in [0.25, 0.3) is 5.91 Å². The van der Waals surface area contributed by atoms with Gasteiger partial charge in [0.05, 0.1) is 33.2 Å². The molecule has 0 unspecified atom stereocenters. The second-order valence-corrected chi connectivity index (χ2v) is 5.71. The van der Waals surface area contributed by atoms with Crippen molar-refractivity contribution in [3.63, 3.8) is 0 Å². The second-order valence-electron chi connectivity index (χ2n) is 5.71. The highest BCUT2D eigenvalue weighted by Gasteiger charge is 2.14. The number of benzene rings is 2. The van der Waals surface area contributed by atoms with E-state index in [1.54, 1.807) is 51.8 Å². The lowest BCUT2D eigenvalue weighted by molar-refractivity contribution is 0.0950. The Hall–Kier alpha value is -3.81. The van der Waals surface area contributed by atoms with Crippen LogP contribution in [-0.4, -0.2) is 43.6 Å². The summed E-state index contributed by atoms with van der Waals surface area (Å²) in [6.45, 7) is 0. The average Bonchev–Trinajstić information content (AvgIpc) is 3.24. The van der Waals surface area contributed by atoms with E-state index in [0.29, 0.717) is 22.8 Å². The van der Waals surface area contributed by atoms with Crippen molar-refractivity contribution in [3.05, 3.63) is 59.8 Å². The molecule has 8 nitrogen and oxygen atoms in total. The highest BCUT2D eigenvalue weighted by Crippen LogP contribution is 2.32. The molecule has 0 radical (unpaired) electrons. The lowest BCUT2D eigenvalue weighted by Crippen LogP contribution is -2.17. The van der Waals surface area contributed by atoms with Crippen LogP contribution in [0.25, 0.3) is 11.3 Å². The maximum Gasteiger partial charge on any atom is 0.289 e. The minimum atomic E-state index is -0.412. The van der Waals surface area contributed by atoms with E-state index in [9.17, 15) is 4.79 Å². The third kappa shape index (κ3) is 4.29. The minimum Gasteiger partial charge on any atom is -0.497 e. The predicted molar refractivity (Wildman–Crippen MR) is 105 cm³/mol. The van der Waals surface area contributed by atoms with Crippen LogP contribution < -0.4 is 19.6 Å². The lowest BCUT2D eigenvalue weighted by atomic mass is 10.1. The van der Waals surface area contributed by atoms with Crippen LogP contribution in [0.2, 0.25) is 0 Å². The fraction of sp³-hybridized carbons (Fsp3) is 0.150. The monoisotopic (exact) mass is 380 g/mol. The largest absolute Gasteiger partial charge is 0.497 e. The normalized spacial score (nSPS) is 10.7. The van der Waals surface area contributed by atoms with Crippen LogP contribution in [0.1, 0.15) is 16.1 Å². The van der Waals surface area contributed by atoms with Gasteiger partial charge >= 0.3 is 0 Å². The molecule has 0 saturated heterocycles. The van der Waals surface area contributed by atoms with Crippen molar-refractivity contribution < 1.29 is 19.0 Å². The molecule has 0 aliphatic rings. The third-order valence-electron chi connectivity index (χ3n) is 4.00. The number of carbonyl (C=O) groups is 1. The SMILES string of the molecule is COc1ccc(/C=N/NC(=O)c2cc(-c3cc(OC)ccc3OC)n[nH]2)cc1. The van der Waals surface area contributed by atoms with Gasteiger partial charge in [-0.15, -0.1) is 0 Å². The van der Waals surface area contributed by atoms with Crippen molar-refractivity contribution in [3.8, 4) is 28.5 Å². The van der Waals surface area contributed by atoms with Crippen LogP contribution >= 0.6 is 0 Å². The van der Waals surface area contributed by atoms with Crippen LogP contribution in [-0.2, 0) is 0 Å². The van der Waals surface area contributed by atoms with Crippen LogP contribution in [0.3, 0.4) is 0 Å². The summed E-state index contributed by atoms with van der Waals surface area (Å²) < 4.78 is 15.7. The van der Waals surface area contributed by atoms with Gasteiger partial charge in [-0.25, -0.2) is 5.43 Å². The van der Waals surface area contributed by atoms with Gasteiger partial charge < -0.3 is 14.2 Å². The second kappa shape index (κ2) is 8.72. The molecule has 144 valence electrons. The van der Waals surface area contributed by atoms with Crippen LogP contribution in [0.5, 0.6) is 17.2 Å². The quantitative estimate of drug-likeness (QED) is 0.485. The molecule has 0 bridgehead atoms. The number of aromatic amines is 1. The van der Waals surface area contributed by atoms with E-state index in [2.05, 4.69) is 20.7 Å². The first-order valence-electron chi connectivity index (χ1n) is 8.40. The first-order valence-corrected chi connectivity index (χ1v) is 8.40. The number of rotatable bonds is 7. The highest BCUT2D eigenvalue weighted by molar-refractivity contribution is 5.94. The Balaban J connectivity index is 1.71. The number of ether oxygens (including phenoxy) is 3. The molecular weight excluding hydrogens is 360 g/mol. The number of hydrazone groups is 1. The van der Waals surface area contributed by atoms with E-state index < -0.39 is 5.91 Å². The lowest BCUT2D eigenvalue weighted by Gasteiger charge is -2.08. The number of hydrogen-bond acceptors (Lipinski definition) is 6. The number of methoxy groups -OCH3 is 3. The number of nitrogens with zero attached hydrogens (tertiary/aromatic N) is 2. The molecule has 0 atom stereocenters. The first kappa shape index (κ1) is 19.0. The van der Waals surface area contributed by atoms with Gasteiger partial charge in [-0.05, 0) is 54.1 Å². The number of H-pyrrole nitrogens is 1. The van der Waals surface area contributed by atoms with Crippen molar-refractivity contribution in [2.75, 3.05) is 21.3 Å². The summed E-state index contributed by atoms with van der Waals surface area (Å²) in [5, 5.41) is 10.9. The molecule has 0 spiro atoms. The van der Waals surface area contributed by atoms with Crippen LogP contribution in [0.4, 0.5) is 0 Å². The van der Waals surface area contributed by atoms with Crippen molar-refractivity contribution in [2.45, 2.75) is 0 Å². The highest BCUT2D eigenvalue weighted by atomic mass is 16.5. The van der Waals surface area contributed by atoms with Gasteiger partial charge in [-0.2, -0.15) is 10.2 Å². The molecular formula is C20H20N4O4. The molecule has 1 amide bonds. The van der Waals surface area contributed by atoms with Gasteiger partial charge in [0.15, 0.2) is 0 Å². The van der Waals surface area contributed by atoms with E-state index in [-0.39, 0.29) is 5.69 Å². The number of carbonyl (C=O) groups excluding carboxylic acids is 1. The maximum absolute atomic E-state index is 12.3. The zero-order chi connectivity index (χ0) is 19.9. The summed E-state index contributed by atoms with van der Waals surface area (Å²) in [4.78, 5) is 12.3. The molecule has 28 heavy (non-hydrogen) atoms. The molecule has 3 aromatic rings. The molecule has 1 aromatic heterocycles. The van der Waals surface area contributed by atoms with Gasteiger partial charge in [0.2, 0.25) is 0 Å². The van der Waals surface area contributed by atoms with E-state index >= 15 is 0 Å². The Bertz CT molecular complexity index is 980. The summed E-state index contributed by atoms with van der Waals surface area (Å²) >= 11 is 0. The topological polar surface area (TPSA) is 97.8 Å². The zero-order valence-electron chi connectivity index (χ0n) is 15.7. The zero-order valence-corrected chi connectivity index (χ0v) is 15.7. The van der Waals surface area contributed by atoms with Gasteiger partial charge in [-0.1, -0.05) is 0 Å². The first-order chi connectivity index (χ1) is 13.6. The fourth-order valence-electron chi connectivity index (χ4n) is 2.51. The Labute approximate surface area is 162 Å². The Kier molecular flexibility index (Phi) is 5.91. The van der Waals surface area contributed by atoms with E-state index in [1.807, 2.05) is 24.3 Å². The average molecular weight is 380 g/mol. The van der Waals surface area contributed by atoms with E-state index in [4.69, 9.17) is 14.2 Å². The molecule has 2 aromatic carbocycles. The minimum absolute atomic E-state index is 0.270. The van der Waals surface area contributed by atoms with E-state index in [0.717, 1.165) is 11.3 Å². The summed E-state index contributed by atoms with van der Waals surface area (Å²) in [5.41, 5.74) is 4.82. The molecule has 0 aliphatic heterocycles. The number of aromatic nitrogens is 2. The summed E-state index contributed by atoms with van der Waals surface area (Å²) in [7, 11) is 4.75. The summed E-state index contributed by atoms with van der Waals surface area (Å²) in [5.74, 6) is 1.62. The number of nitrogens with one attached hydrogen (secondary N) is 2. The van der Waals surface area contributed by atoms with Crippen molar-refractivity contribution in [2.24, 2.45) is 5.10 Å². The van der Waals surface area contributed by atoms with E-state index in [1.165, 1.54) is 0 Å². The Morgan fingerprint density at radius 2 is 1.71 bits per heavy atom. The number of hydrogen-bond donors (Lipinski definition) is 2. The van der Waals surface area contributed by atoms with Gasteiger partial charge in [0.1, 0.15) is 22.9 Å². The molecule has 0 fully saturated rings. The van der Waals surface area contributed by atoms with Crippen molar-refractivity contribution in [1.29, 1.82) is 0 Å². The maximum atomic E-state index is 12.3. The van der Waals surface area contributed by atoms with Gasteiger partial charge in [0, 0.05) is 5.56 Å².